The van der Waals surface area contributed by atoms with Crippen LogP contribution in [0.5, 0.6) is 5.75 Å². The zero-order valence-electron chi connectivity index (χ0n) is 21.7. The molecule has 11 heteroatoms. The zero-order valence-corrected chi connectivity index (χ0v) is 22.5. The van der Waals surface area contributed by atoms with E-state index in [0.717, 1.165) is 82.9 Å². The number of hydrogen-bond donors (Lipinski definition) is 0. The second kappa shape index (κ2) is 8.40. The third-order valence-electron chi connectivity index (χ3n) is 9.42. The van der Waals surface area contributed by atoms with E-state index in [4.69, 9.17) is 4.74 Å². The van der Waals surface area contributed by atoms with Crippen LogP contribution in [0.25, 0.3) is 0 Å². The van der Waals surface area contributed by atoms with Gasteiger partial charge in [-0.25, -0.2) is 27.3 Å². The van der Waals surface area contributed by atoms with Gasteiger partial charge in [0.1, 0.15) is 22.8 Å². The molecule has 0 radical (unpaired) electrons. The molecule has 0 atom stereocenters. The number of likely N-dealkylation sites (tertiary alicyclic amines) is 2. The van der Waals surface area contributed by atoms with Crippen molar-refractivity contribution in [2.24, 2.45) is 10.8 Å². The maximum Gasteiger partial charge on any atom is 0.320 e. The summed E-state index contributed by atoms with van der Waals surface area (Å²) in [4.78, 5) is 21.4. The van der Waals surface area contributed by atoms with E-state index < -0.39 is 15.7 Å². The molecule has 38 heavy (non-hydrogen) atoms. The second-order valence-corrected chi connectivity index (χ2v) is 14.6. The Hall–Kier alpha value is -2.69. The van der Waals surface area contributed by atoms with E-state index in [0.29, 0.717) is 12.0 Å². The molecule has 3 aliphatic carbocycles. The standard InChI is InChI=1S/C27H34FN5O4S/c1-38(35,36)23-10-19(28)4-5-22(23)37-21-6-8-26(9-7-21)13-31(14-26)25(34)32-15-27(16-32)11-20(12-27)33-17-29-24(30-33)18-2-3-18/h4-5,10,17-18,20-21H,2-3,6-9,11-16H2,1H3. The molecule has 2 spiro atoms. The molecule has 3 saturated carbocycles. The lowest BCUT2D eigenvalue weighted by Crippen LogP contribution is -2.69. The maximum absolute atomic E-state index is 13.6. The number of carbonyl (C=O) groups is 1. The summed E-state index contributed by atoms with van der Waals surface area (Å²) in [5, 5.41) is 4.68. The van der Waals surface area contributed by atoms with Crippen molar-refractivity contribution >= 4 is 15.9 Å². The maximum atomic E-state index is 13.6. The SMILES string of the molecule is CS(=O)(=O)c1cc(F)ccc1OC1CCC2(CC1)CN(C(=O)N1CC3(CC(n4cnc(C5CC5)n4)C3)C1)C2. The van der Waals surface area contributed by atoms with E-state index >= 15 is 0 Å². The Morgan fingerprint density at radius 3 is 2.32 bits per heavy atom. The van der Waals surface area contributed by atoms with E-state index in [-0.39, 0.29) is 33.6 Å². The molecule has 0 unspecified atom stereocenters. The van der Waals surface area contributed by atoms with Crippen LogP contribution in [0.15, 0.2) is 29.4 Å². The highest BCUT2D eigenvalue weighted by molar-refractivity contribution is 7.90. The number of benzene rings is 1. The van der Waals surface area contributed by atoms with Crippen molar-refractivity contribution in [1.82, 2.24) is 24.6 Å². The molecule has 1 aromatic carbocycles. The van der Waals surface area contributed by atoms with Crippen LogP contribution in [0, 0.1) is 16.6 Å². The van der Waals surface area contributed by atoms with Crippen molar-refractivity contribution in [3.8, 4) is 5.75 Å². The number of amides is 2. The Balaban J connectivity index is 0.868. The molecule has 2 aliphatic heterocycles. The van der Waals surface area contributed by atoms with Gasteiger partial charge in [-0.05, 0) is 69.6 Å². The summed E-state index contributed by atoms with van der Waals surface area (Å²) < 4.78 is 45.8. The van der Waals surface area contributed by atoms with Gasteiger partial charge in [-0.2, -0.15) is 5.10 Å². The molecule has 204 valence electrons. The summed E-state index contributed by atoms with van der Waals surface area (Å²) >= 11 is 0. The predicted octanol–water partition coefficient (Wildman–Crippen LogP) is 3.78. The van der Waals surface area contributed by atoms with Gasteiger partial charge >= 0.3 is 6.03 Å². The summed E-state index contributed by atoms with van der Waals surface area (Å²) in [6.45, 7) is 3.23. The minimum absolute atomic E-state index is 0.104. The van der Waals surface area contributed by atoms with E-state index in [1.54, 1.807) is 0 Å². The van der Waals surface area contributed by atoms with Gasteiger partial charge in [0.15, 0.2) is 15.7 Å². The molecule has 0 N–H and O–H groups in total. The topological polar surface area (TPSA) is 97.6 Å². The first-order chi connectivity index (χ1) is 18.1. The van der Waals surface area contributed by atoms with Crippen LogP contribution in [0.3, 0.4) is 0 Å². The molecule has 2 amide bonds. The third kappa shape index (κ3) is 4.26. The molecule has 2 aromatic rings. The van der Waals surface area contributed by atoms with Gasteiger partial charge in [0.2, 0.25) is 0 Å². The van der Waals surface area contributed by atoms with Crippen molar-refractivity contribution in [2.45, 2.75) is 74.3 Å². The van der Waals surface area contributed by atoms with Gasteiger partial charge in [0, 0.05) is 49.2 Å². The van der Waals surface area contributed by atoms with Gasteiger partial charge < -0.3 is 14.5 Å². The second-order valence-electron chi connectivity index (χ2n) is 12.6. The van der Waals surface area contributed by atoms with Gasteiger partial charge in [0.05, 0.1) is 12.1 Å². The fourth-order valence-corrected chi connectivity index (χ4v) is 7.87. The molecule has 0 bridgehead atoms. The first-order valence-electron chi connectivity index (χ1n) is 13.7. The number of urea groups is 1. The molecular weight excluding hydrogens is 509 g/mol. The summed E-state index contributed by atoms with van der Waals surface area (Å²) in [7, 11) is -3.59. The summed E-state index contributed by atoms with van der Waals surface area (Å²) in [6.07, 6.45) is 10.9. The first-order valence-corrected chi connectivity index (χ1v) is 15.6. The predicted molar refractivity (Wildman–Crippen MR) is 136 cm³/mol. The quantitative estimate of drug-likeness (QED) is 0.570. The van der Waals surface area contributed by atoms with Gasteiger partial charge in [-0.15, -0.1) is 0 Å². The number of carbonyl (C=O) groups excluding carboxylic acids is 1. The number of rotatable bonds is 5. The number of sulfone groups is 1. The normalized spacial score (nSPS) is 24.7. The highest BCUT2D eigenvalue weighted by Gasteiger charge is 2.57. The van der Waals surface area contributed by atoms with E-state index in [9.17, 15) is 17.6 Å². The minimum Gasteiger partial charge on any atom is -0.489 e. The van der Waals surface area contributed by atoms with Crippen molar-refractivity contribution in [3.05, 3.63) is 36.2 Å². The number of halogens is 1. The molecule has 2 saturated heterocycles. The van der Waals surface area contributed by atoms with Crippen molar-refractivity contribution in [1.29, 1.82) is 0 Å². The molecule has 7 rings (SSSR count). The van der Waals surface area contributed by atoms with Crippen molar-refractivity contribution < 1.29 is 22.3 Å². The summed E-state index contributed by atoms with van der Waals surface area (Å²) in [5.74, 6) is 1.20. The Morgan fingerprint density at radius 2 is 1.68 bits per heavy atom. The highest BCUT2D eigenvalue weighted by atomic mass is 32.2. The Morgan fingerprint density at radius 1 is 1.03 bits per heavy atom. The molecule has 5 fully saturated rings. The lowest BCUT2D eigenvalue weighted by molar-refractivity contribution is -0.0912. The highest BCUT2D eigenvalue weighted by Crippen LogP contribution is 2.55. The molecule has 9 nitrogen and oxygen atoms in total. The van der Waals surface area contributed by atoms with Crippen LogP contribution < -0.4 is 4.74 Å². The summed E-state index contributed by atoms with van der Waals surface area (Å²) in [6, 6.07) is 4.23. The average Bonchev–Trinajstić information content (AvgIpc) is 3.54. The van der Waals surface area contributed by atoms with Crippen LogP contribution in [-0.2, 0) is 9.84 Å². The van der Waals surface area contributed by atoms with Crippen LogP contribution in [-0.4, -0.2) is 77.6 Å². The van der Waals surface area contributed by atoms with E-state index in [1.165, 1.54) is 25.0 Å². The minimum atomic E-state index is -3.59. The molecule has 1 aromatic heterocycles. The zero-order chi connectivity index (χ0) is 26.3. The van der Waals surface area contributed by atoms with Gasteiger partial charge in [-0.3, -0.25) is 0 Å². The number of nitrogens with zero attached hydrogens (tertiary/aromatic N) is 5. The van der Waals surface area contributed by atoms with Crippen LogP contribution in [0.4, 0.5) is 9.18 Å². The Bertz CT molecular complexity index is 1360. The molecular formula is C27H34FN5O4S. The average molecular weight is 544 g/mol. The van der Waals surface area contributed by atoms with Crippen molar-refractivity contribution in [2.75, 3.05) is 32.4 Å². The number of ether oxygens (including phenoxy) is 1. The summed E-state index contributed by atoms with van der Waals surface area (Å²) in [5.41, 5.74) is 0.392. The van der Waals surface area contributed by atoms with Crippen molar-refractivity contribution in [3.63, 3.8) is 0 Å². The van der Waals surface area contributed by atoms with Crippen LogP contribution in [0.1, 0.15) is 69.2 Å². The van der Waals surface area contributed by atoms with Crippen LogP contribution in [0.2, 0.25) is 0 Å². The fourth-order valence-electron chi connectivity index (χ4n) is 7.06. The first kappa shape index (κ1) is 24.4. The smallest absolute Gasteiger partial charge is 0.320 e. The number of aromatic nitrogens is 3. The lowest BCUT2D eigenvalue weighted by Gasteiger charge is -2.61. The monoisotopic (exact) mass is 543 g/mol. The number of hydrogen-bond acceptors (Lipinski definition) is 6. The largest absolute Gasteiger partial charge is 0.489 e. The third-order valence-corrected chi connectivity index (χ3v) is 10.5. The van der Waals surface area contributed by atoms with Gasteiger partial charge in [-0.1, -0.05) is 0 Å². The Kier molecular flexibility index (Phi) is 5.39. The Labute approximate surface area is 222 Å². The van der Waals surface area contributed by atoms with Crippen LogP contribution >= 0.6 is 0 Å². The fraction of sp³-hybridized carbons (Fsp3) is 0.667. The lowest BCUT2D eigenvalue weighted by atomic mass is 9.60. The van der Waals surface area contributed by atoms with E-state index in [2.05, 4.69) is 10.1 Å². The molecule has 5 aliphatic rings. The molecule has 3 heterocycles. The van der Waals surface area contributed by atoms with Gasteiger partial charge in [0.25, 0.3) is 0 Å². The van der Waals surface area contributed by atoms with E-state index in [1.807, 2.05) is 20.8 Å².